The lowest BCUT2D eigenvalue weighted by Crippen LogP contribution is -2.54. The van der Waals surface area contributed by atoms with Crippen molar-refractivity contribution >= 4 is 40.9 Å². The molecule has 1 spiro atoms. The highest BCUT2D eigenvalue weighted by atomic mass is 35.5. The Bertz CT molecular complexity index is 1370. The van der Waals surface area contributed by atoms with E-state index in [0.717, 1.165) is 61.4 Å². The Morgan fingerprint density at radius 2 is 1.75 bits per heavy atom. The minimum Gasteiger partial charge on any atom is -0.436 e. The van der Waals surface area contributed by atoms with E-state index in [1.807, 2.05) is 36.1 Å². The van der Waals surface area contributed by atoms with E-state index < -0.39 is 12.2 Å². The third-order valence-corrected chi connectivity index (χ3v) is 10.3. The Hall–Kier alpha value is -3.34. The van der Waals surface area contributed by atoms with Gasteiger partial charge in [-0.3, -0.25) is 14.5 Å². The van der Waals surface area contributed by atoms with Crippen LogP contribution in [-0.4, -0.2) is 97.1 Å². The Balaban J connectivity index is 1.14. The third-order valence-electron chi connectivity index (χ3n) is 10.0. The normalized spacial score (nSPS) is 21.5. The van der Waals surface area contributed by atoms with Gasteiger partial charge in [0.05, 0.1) is 10.7 Å². The molecule has 11 heteroatoms. The maximum absolute atomic E-state index is 14.0. The molecule has 4 N–H and O–H groups in total. The van der Waals surface area contributed by atoms with Gasteiger partial charge in [0.1, 0.15) is 0 Å². The number of likely N-dealkylation sites (tertiary alicyclic amines) is 2. The van der Waals surface area contributed by atoms with Crippen LogP contribution in [0.4, 0.5) is 16.2 Å². The summed E-state index contributed by atoms with van der Waals surface area (Å²) in [5.74, 6) is -0.169. The molecule has 0 saturated carbocycles. The molecule has 4 heterocycles. The number of aryl methyl sites for hydroxylation is 1. The van der Waals surface area contributed by atoms with Crippen LogP contribution in [0, 0.1) is 6.92 Å². The number of halogens is 1. The zero-order chi connectivity index (χ0) is 30.8. The molecule has 10 nitrogen and oxygen atoms in total. The van der Waals surface area contributed by atoms with Crippen LogP contribution in [0.2, 0.25) is 5.02 Å². The summed E-state index contributed by atoms with van der Waals surface area (Å²) in [4.78, 5) is 46.2. The summed E-state index contributed by atoms with van der Waals surface area (Å²) in [6.07, 6.45) is 2.25. The van der Waals surface area contributed by atoms with Crippen LogP contribution in [0.15, 0.2) is 36.4 Å². The minimum atomic E-state index is -0.977. The fourth-order valence-corrected chi connectivity index (χ4v) is 7.74. The van der Waals surface area contributed by atoms with Crippen molar-refractivity contribution < 1.29 is 19.1 Å². The number of nitrogen functional groups attached to an aromatic ring is 1. The lowest BCUT2D eigenvalue weighted by molar-refractivity contribution is -0.142. The number of ether oxygens (including phenoxy) is 1. The summed E-state index contributed by atoms with van der Waals surface area (Å²) in [5, 5.41) is 6.81. The van der Waals surface area contributed by atoms with Gasteiger partial charge >= 0.3 is 6.09 Å². The molecule has 0 aliphatic carbocycles. The first-order valence-corrected chi connectivity index (χ1v) is 16.2. The first kappa shape index (κ1) is 30.7. The number of piperidine rings is 2. The quantitative estimate of drug-likeness (QED) is 0.436. The summed E-state index contributed by atoms with van der Waals surface area (Å²) in [6, 6.07) is 12.0. The summed E-state index contributed by atoms with van der Waals surface area (Å²) < 4.78 is 6.05. The van der Waals surface area contributed by atoms with Crippen molar-refractivity contribution in [1.82, 2.24) is 20.0 Å². The molecule has 3 saturated heterocycles. The second-order valence-corrected chi connectivity index (χ2v) is 13.2. The second-order valence-electron chi connectivity index (χ2n) is 12.8. The standard InChI is InChI=1S/C33H43ClN6O4/c1-22-18-23(19-26(34)30(22)35)20-28(31(42)39-12-6-24(7-13-39)38-16-10-36-11-17-38)44-32(43)40-14-8-33(9-15-40)21-29(41)37-27-5-3-2-4-25(27)33/h2-5,18-19,24,28,36H,6-17,20-21,35H2,1H3,(H,37,41)/t28-/m1/s1. The van der Waals surface area contributed by atoms with Gasteiger partial charge in [-0.15, -0.1) is 0 Å². The van der Waals surface area contributed by atoms with Gasteiger partial charge in [-0.25, -0.2) is 4.79 Å². The summed E-state index contributed by atoms with van der Waals surface area (Å²) in [6.45, 7) is 8.10. The fourth-order valence-electron chi connectivity index (χ4n) is 7.45. The summed E-state index contributed by atoms with van der Waals surface area (Å²) in [7, 11) is 0. The second kappa shape index (κ2) is 12.9. The number of amides is 3. The summed E-state index contributed by atoms with van der Waals surface area (Å²) >= 11 is 6.39. The third kappa shape index (κ3) is 6.39. The van der Waals surface area contributed by atoms with Gasteiger partial charge in [0.2, 0.25) is 5.91 Å². The molecule has 0 bridgehead atoms. The molecule has 3 fully saturated rings. The Labute approximate surface area is 264 Å². The zero-order valence-corrected chi connectivity index (χ0v) is 26.2. The van der Waals surface area contributed by atoms with Crippen LogP contribution in [0.3, 0.4) is 0 Å². The Morgan fingerprint density at radius 1 is 1.05 bits per heavy atom. The topological polar surface area (TPSA) is 120 Å². The van der Waals surface area contributed by atoms with E-state index in [1.54, 1.807) is 11.0 Å². The number of carbonyl (C=O) groups excluding carboxylic acids is 3. The summed E-state index contributed by atoms with van der Waals surface area (Å²) in [5.41, 5.74) is 9.87. The number of anilines is 2. The number of nitrogens with two attached hydrogens (primary N) is 1. The molecule has 0 radical (unpaired) electrons. The smallest absolute Gasteiger partial charge is 0.410 e. The van der Waals surface area contributed by atoms with E-state index in [0.29, 0.717) is 62.2 Å². The Morgan fingerprint density at radius 3 is 2.45 bits per heavy atom. The number of benzene rings is 2. The molecule has 1 atom stereocenters. The number of fused-ring (bicyclic) bond motifs is 2. The van der Waals surface area contributed by atoms with Crippen LogP contribution in [-0.2, 0) is 26.2 Å². The molecular formula is C33H43ClN6O4. The van der Waals surface area contributed by atoms with Gasteiger partial charge < -0.3 is 30.9 Å². The van der Waals surface area contributed by atoms with Gasteiger partial charge in [0, 0.05) is 82.3 Å². The van der Waals surface area contributed by atoms with Crippen LogP contribution in [0.25, 0.3) is 0 Å². The van der Waals surface area contributed by atoms with E-state index in [1.165, 1.54) is 0 Å². The molecule has 4 aliphatic heterocycles. The first-order chi connectivity index (χ1) is 21.2. The molecule has 4 aliphatic rings. The first-order valence-electron chi connectivity index (χ1n) is 15.9. The molecule has 2 aromatic rings. The van der Waals surface area contributed by atoms with Gasteiger partial charge in [-0.05, 0) is 61.4 Å². The largest absolute Gasteiger partial charge is 0.436 e. The zero-order valence-electron chi connectivity index (χ0n) is 25.4. The van der Waals surface area contributed by atoms with Crippen molar-refractivity contribution in [2.45, 2.75) is 63.0 Å². The van der Waals surface area contributed by atoms with Crippen LogP contribution >= 0.6 is 11.6 Å². The molecule has 236 valence electrons. The van der Waals surface area contributed by atoms with Crippen molar-refractivity contribution in [1.29, 1.82) is 0 Å². The highest BCUT2D eigenvalue weighted by Gasteiger charge is 2.44. The molecule has 6 rings (SSSR count). The lowest BCUT2D eigenvalue weighted by Gasteiger charge is -2.44. The number of nitrogens with one attached hydrogen (secondary N) is 2. The van der Waals surface area contributed by atoms with Crippen molar-refractivity contribution in [2.24, 2.45) is 0 Å². The maximum atomic E-state index is 14.0. The Kier molecular flexibility index (Phi) is 9.03. The average Bonchev–Trinajstić information content (AvgIpc) is 3.03. The SMILES string of the molecule is Cc1cc(C[C@@H](OC(=O)N2CCC3(CC2)CC(=O)Nc2ccccc23)C(=O)N2CCC(N3CCNCC3)CC2)cc(Cl)c1N. The van der Waals surface area contributed by atoms with Gasteiger partial charge in [-0.2, -0.15) is 0 Å². The highest BCUT2D eigenvalue weighted by Crippen LogP contribution is 2.45. The van der Waals surface area contributed by atoms with E-state index in [-0.39, 0.29) is 23.7 Å². The number of para-hydroxylation sites is 1. The average molecular weight is 623 g/mol. The molecule has 2 aromatic carbocycles. The number of piperazine rings is 1. The van der Waals surface area contributed by atoms with Crippen molar-refractivity contribution in [3.05, 3.63) is 58.1 Å². The minimum absolute atomic E-state index is 0.00330. The monoisotopic (exact) mass is 622 g/mol. The number of nitrogens with zero attached hydrogens (tertiary/aromatic N) is 3. The fraction of sp³-hybridized carbons (Fsp3) is 0.545. The molecule has 44 heavy (non-hydrogen) atoms. The van der Waals surface area contributed by atoms with Gasteiger partial charge in [0.15, 0.2) is 6.10 Å². The lowest BCUT2D eigenvalue weighted by atomic mass is 9.68. The van der Waals surface area contributed by atoms with Gasteiger partial charge in [-0.1, -0.05) is 35.9 Å². The van der Waals surface area contributed by atoms with E-state index >= 15 is 0 Å². The van der Waals surface area contributed by atoms with Crippen molar-refractivity contribution in [3.8, 4) is 0 Å². The van der Waals surface area contributed by atoms with Crippen molar-refractivity contribution in [3.63, 3.8) is 0 Å². The number of hydrogen-bond donors (Lipinski definition) is 3. The predicted octanol–water partition coefficient (Wildman–Crippen LogP) is 3.55. The van der Waals surface area contributed by atoms with Gasteiger partial charge in [0.25, 0.3) is 5.91 Å². The maximum Gasteiger partial charge on any atom is 0.410 e. The van der Waals surface area contributed by atoms with Crippen LogP contribution < -0.4 is 16.4 Å². The molecular weight excluding hydrogens is 580 g/mol. The molecule has 3 amide bonds. The number of carbonyl (C=O) groups is 3. The van der Waals surface area contributed by atoms with E-state index in [2.05, 4.69) is 21.6 Å². The van der Waals surface area contributed by atoms with E-state index in [9.17, 15) is 14.4 Å². The predicted molar refractivity (Wildman–Crippen MR) is 171 cm³/mol. The van der Waals surface area contributed by atoms with Crippen LogP contribution in [0.1, 0.15) is 48.8 Å². The van der Waals surface area contributed by atoms with E-state index in [4.69, 9.17) is 22.1 Å². The highest BCUT2D eigenvalue weighted by molar-refractivity contribution is 6.33. The van der Waals surface area contributed by atoms with Crippen LogP contribution in [0.5, 0.6) is 0 Å². The molecule has 0 unspecified atom stereocenters. The number of rotatable bonds is 5. The van der Waals surface area contributed by atoms with Crippen molar-refractivity contribution in [2.75, 3.05) is 63.4 Å². The molecule has 0 aromatic heterocycles. The number of hydrogen-bond acceptors (Lipinski definition) is 7.